The summed E-state index contributed by atoms with van der Waals surface area (Å²) in [5.41, 5.74) is 0. The highest BCUT2D eigenvalue weighted by atomic mass is 16.7. The van der Waals surface area contributed by atoms with E-state index in [1.807, 2.05) is 6.08 Å². The molecule has 84 heavy (non-hydrogen) atoms. The van der Waals surface area contributed by atoms with Crippen LogP contribution in [0.4, 0.5) is 0 Å². The summed E-state index contributed by atoms with van der Waals surface area (Å²) in [6.45, 7) is 3.81. The van der Waals surface area contributed by atoms with Crippen LogP contribution >= 0.6 is 0 Å². The summed E-state index contributed by atoms with van der Waals surface area (Å²) in [7, 11) is 0. The van der Waals surface area contributed by atoms with E-state index in [1.165, 1.54) is 302 Å². The zero-order chi connectivity index (χ0) is 60.7. The number of hydrogen-bond acceptors (Lipinski definition) is 8. The van der Waals surface area contributed by atoms with Crippen LogP contribution in [-0.4, -0.2) is 87.5 Å². The molecule has 0 saturated carbocycles. The number of rotatable bonds is 65. The van der Waals surface area contributed by atoms with E-state index in [9.17, 15) is 30.3 Å². The van der Waals surface area contributed by atoms with E-state index in [-0.39, 0.29) is 12.5 Å². The number of ether oxygens (including phenoxy) is 2. The van der Waals surface area contributed by atoms with Crippen molar-refractivity contribution in [1.29, 1.82) is 0 Å². The molecule has 7 atom stereocenters. The molecule has 1 aliphatic rings. The molecule has 0 aromatic rings. The van der Waals surface area contributed by atoms with Gasteiger partial charge in [-0.2, -0.15) is 0 Å². The number of carbonyl (C=O) groups is 1. The fraction of sp³-hybridized carbons (Fsp3) is 0.880. The second-order valence-corrected chi connectivity index (χ2v) is 25.7. The molecule has 9 nitrogen and oxygen atoms in total. The minimum atomic E-state index is -1.57. The van der Waals surface area contributed by atoms with Gasteiger partial charge in [-0.3, -0.25) is 4.79 Å². The molecular formula is C75H141NO8. The SMILES string of the molecule is CCCCCCC/C=C\C/C=C\CCCCCCCCCCCCCCCCCCCCCC(=O)NC(COC1OC(CO)C(O)C(O)C1O)C(O)/C=C/CC/C=C/CCCCCCCCCCCCCCCCCCCCCCCCCC. The number of aliphatic hydroxyl groups is 5. The fourth-order valence-electron chi connectivity index (χ4n) is 11.9. The maximum atomic E-state index is 13.1. The molecule has 9 heteroatoms. The number of unbranched alkanes of at least 4 members (excludes halogenated alkanes) is 49. The lowest BCUT2D eigenvalue weighted by atomic mass is 9.99. The van der Waals surface area contributed by atoms with Crippen LogP contribution in [0.2, 0.25) is 0 Å². The summed E-state index contributed by atoms with van der Waals surface area (Å²) >= 11 is 0. The molecule has 0 spiro atoms. The average Bonchev–Trinajstić information content (AvgIpc) is 3.70. The first-order valence-electron chi connectivity index (χ1n) is 36.9. The molecule has 1 aliphatic heterocycles. The minimum absolute atomic E-state index is 0.180. The predicted molar refractivity (Wildman–Crippen MR) is 359 cm³/mol. The molecule has 1 fully saturated rings. The number of hydrogen-bond donors (Lipinski definition) is 6. The summed E-state index contributed by atoms with van der Waals surface area (Å²) in [5.74, 6) is -0.180. The van der Waals surface area contributed by atoms with Gasteiger partial charge >= 0.3 is 0 Å². The Morgan fingerprint density at radius 1 is 0.405 bits per heavy atom. The maximum absolute atomic E-state index is 13.1. The Balaban J connectivity index is 2.12. The Bertz CT molecular complexity index is 1470. The van der Waals surface area contributed by atoms with Crippen molar-refractivity contribution in [3.05, 3.63) is 48.6 Å². The van der Waals surface area contributed by atoms with E-state index in [0.717, 1.165) is 44.9 Å². The van der Waals surface area contributed by atoms with Gasteiger partial charge in [0.15, 0.2) is 6.29 Å². The smallest absolute Gasteiger partial charge is 0.220 e. The van der Waals surface area contributed by atoms with Crippen LogP contribution in [0.15, 0.2) is 48.6 Å². The molecule has 1 amide bonds. The van der Waals surface area contributed by atoms with Gasteiger partial charge in [0.1, 0.15) is 24.4 Å². The van der Waals surface area contributed by atoms with Crippen molar-refractivity contribution in [1.82, 2.24) is 5.32 Å². The number of aliphatic hydroxyl groups excluding tert-OH is 5. The molecule has 1 saturated heterocycles. The van der Waals surface area contributed by atoms with Crippen molar-refractivity contribution in [2.24, 2.45) is 0 Å². The van der Waals surface area contributed by atoms with Gasteiger partial charge in [-0.25, -0.2) is 0 Å². The maximum Gasteiger partial charge on any atom is 0.220 e. The lowest BCUT2D eigenvalue weighted by Gasteiger charge is -2.40. The van der Waals surface area contributed by atoms with Gasteiger partial charge in [0.05, 0.1) is 25.4 Å². The summed E-state index contributed by atoms with van der Waals surface area (Å²) < 4.78 is 11.3. The van der Waals surface area contributed by atoms with Gasteiger partial charge in [0.2, 0.25) is 5.91 Å². The van der Waals surface area contributed by atoms with Crippen molar-refractivity contribution in [3.63, 3.8) is 0 Å². The number of carbonyl (C=O) groups excluding carboxylic acids is 1. The van der Waals surface area contributed by atoms with Crippen LogP contribution in [0, 0.1) is 0 Å². The predicted octanol–water partition coefficient (Wildman–Crippen LogP) is 20.4. The normalized spacial score (nSPS) is 18.4. The first-order chi connectivity index (χ1) is 41.3. The Morgan fingerprint density at radius 2 is 0.714 bits per heavy atom. The highest BCUT2D eigenvalue weighted by molar-refractivity contribution is 5.76. The molecule has 6 N–H and O–H groups in total. The molecule has 0 aromatic carbocycles. The van der Waals surface area contributed by atoms with Gasteiger partial charge in [-0.1, -0.05) is 345 Å². The van der Waals surface area contributed by atoms with E-state index in [1.54, 1.807) is 6.08 Å². The number of allylic oxidation sites excluding steroid dienone is 7. The van der Waals surface area contributed by atoms with E-state index in [2.05, 4.69) is 55.6 Å². The number of nitrogens with one attached hydrogen (secondary N) is 1. The average molecular weight is 1180 g/mol. The quantitative estimate of drug-likeness (QED) is 0.0261. The second kappa shape index (κ2) is 64.1. The molecule has 1 rings (SSSR count). The zero-order valence-electron chi connectivity index (χ0n) is 55.4. The Morgan fingerprint density at radius 3 is 1.07 bits per heavy atom. The topological polar surface area (TPSA) is 149 Å². The van der Waals surface area contributed by atoms with Crippen LogP contribution in [0.3, 0.4) is 0 Å². The Kier molecular flexibility index (Phi) is 61.2. The van der Waals surface area contributed by atoms with E-state index < -0.39 is 49.5 Å². The summed E-state index contributed by atoms with van der Waals surface area (Å²) in [4.78, 5) is 13.1. The summed E-state index contributed by atoms with van der Waals surface area (Å²) in [6, 6.07) is -0.823. The lowest BCUT2D eigenvalue weighted by Crippen LogP contribution is -2.60. The van der Waals surface area contributed by atoms with Crippen LogP contribution < -0.4 is 5.32 Å². The molecule has 0 radical (unpaired) electrons. The van der Waals surface area contributed by atoms with Crippen molar-refractivity contribution in [3.8, 4) is 0 Å². The molecule has 494 valence electrons. The van der Waals surface area contributed by atoms with Gasteiger partial charge in [-0.15, -0.1) is 0 Å². The number of amides is 1. The standard InChI is InChI=1S/C75H141NO8/c1-3-5-7-9-11-13-15-17-19-21-23-25-27-29-31-33-35-37-39-41-43-45-47-49-51-53-55-57-59-61-63-65-71(79)76-68(67-83-75-74(82)73(81)72(80)70(66-77)84-75)69(78)64-62-60-58-56-54-52-50-48-46-44-42-40-38-36-34-32-30-28-26-24-22-20-18-16-14-12-10-8-6-4-2/h15,17,21,23,54,56,62,64,68-70,72-75,77-78,80-82H,3-14,16,18-20,22,24-53,55,57-61,63,65-67H2,1-2H3,(H,76,79)/b17-15-,23-21-,56-54+,64-62+. The highest BCUT2D eigenvalue weighted by Crippen LogP contribution is 2.23. The summed E-state index contributed by atoms with van der Waals surface area (Å²) in [5, 5.41) is 54.8. The monoisotopic (exact) mass is 1180 g/mol. The van der Waals surface area contributed by atoms with Crippen molar-refractivity contribution >= 4 is 5.91 Å². The van der Waals surface area contributed by atoms with E-state index in [4.69, 9.17) is 9.47 Å². The third kappa shape index (κ3) is 52.1. The first-order valence-corrected chi connectivity index (χ1v) is 36.9. The van der Waals surface area contributed by atoms with Crippen molar-refractivity contribution in [2.45, 2.75) is 410 Å². The van der Waals surface area contributed by atoms with E-state index in [0.29, 0.717) is 6.42 Å². The molecule has 7 unspecified atom stereocenters. The van der Waals surface area contributed by atoms with Crippen LogP contribution in [0.1, 0.15) is 367 Å². The summed E-state index contributed by atoms with van der Waals surface area (Å²) in [6.07, 6.45) is 80.9. The van der Waals surface area contributed by atoms with Gasteiger partial charge < -0.3 is 40.3 Å². The lowest BCUT2D eigenvalue weighted by molar-refractivity contribution is -0.302. The highest BCUT2D eigenvalue weighted by Gasteiger charge is 2.44. The first kappa shape index (κ1) is 80.2. The van der Waals surface area contributed by atoms with Gasteiger partial charge in [0, 0.05) is 6.42 Å². The second-order valence-electron chi connectivity index (χ2n) is 25.7. The van der Waals surface area contributed by atoms with Crippen LogP contribution in [-0.2, 0) is 14.3 Å². The third-order valence-electron chi connectivity index (χ3n) is 17.6. The third-order valence-corrected chi connectivity index (χ3v) is 17.6. The van der Waals surface area contributed by atoms with Gasteiger partial charge in [-0.05, 0) is 64.2 Å². The molecule has 0 aliphatic carbocycles. The Labute approximate surface area is 520 Å². The molecule has 0 bridgehead atoms. The largest absolute Gasteiger partial charge is 0.394 e. The Hall–Kier alpha value is -1.85. The van der Waals surface area contributed by atoms with Gasteiger partial charge in [0.25, 0.3) is 0 Å². The molecule has 0 aromatic heterocycles. The van der Waals surface area contributed by atoms with Crippen molar-refractivity contribution < 1.29 is 39.8 Å². The van der Waals surface area contributed by atoms with Crippen molar-refractivity contribution in [2.75, 3.05) is 13.2 Å². The zero-order valence-corrected chi connectivity index (χ0v) is 55.4. The van der Waals surface area contributed by atoms with Crippen LogP contribution in [0.25, 0.3) is 0 Å². The molecular weight excluding hydrogens is 1040 g/mol. The molecule has 1 heterocycles. The fourth-order valence-corrected chi connectivity index (χ4v) is 11.9. The minimum Gasteiger partial charge on any atom is -0.394 e. The van der Waals surface area contributed by atoms with Crippen LogP contribution in [0.5, 0.6) is 0 Å². The van der Waals surface area contributed by atoms with E-state index >= 15 is 0 Å².